The van der Waals surface area contributed by atoms with E-state index in [9.17, 15) is 13.2 Å². The summed E-state index contributed by atoms with van der Waals surface area (Å²) in [7, 11) is -3.72. The summed E-state index contributed by atoms with van der Waals surface area (Å²) in [6.07, 6.45) is 1.77. The zero-order chi connectivity index (χ0) is 16.2. The maximum atomic E-state index is 12.5. The van der Waals surface area contributed by atoms with Crippen molar-refractivity contribution in [2.75, 3.05) is 0 Å². The first-order valence-electron chi connectivity index (χ1n) is 7.09. The van der Waals surface area contributed by atoms with Crippen LogP contribution in [0.2, 0.25) is 0 Å². The van der Waals surface area contributed by atoms with Crippen molar-refractivity contribution in [2.45, 2.75) is 51.5 Å². The second kappa shape index (κ2) is 7.04. The van der Waals surface area contributed by atoms with E-state index in [1.165, 1.54) is 25.1 Å². The van der Waals surface area contributed by atoms with Gasteiger partial charge in [-0.05, 0) is 37.5 Å². The average molecular weight is 313 g/mol. The van der Waals surface area contributed by atoms with Crippen molar-refractivity contribution in [3.05, 3.63) is 29.3 Å². The second-order valence-electron chi connectivity index (χ2n) is 5.22. The molecule has 0 saturated carbocycles. The smallest absolute Gasteiger partial charge is 0.335 e. The number of hydrogen-bond donors (Lipinski definition) is 2. The molecule has 0 aliphatic heterocycles. The third kappa shape index (κ3) is 4.04. The lowest BCUT2D eigenvalue weighted by atomic mass is 9.96. The van der Waals surface area contributed by atoms with Gasteiger partial charge in [-0.2, -0.15) is 0 Å². The van der Waals surface area contributed by atoms with Crippen LogP contribution in [0, 0.1) is 12.8 Å². The maximum absolute atomic E-state index is 12.5. The first-order chi connectivity index (χ1) is 9.74. The van der Waals surface area contributed by atoms with Gasteiger partial charge in [-0.25, -0.2) is 17.9 Å². The molecule has 1 aromatic carbocycles. The molecule has 1 atom stereocenters. The van der Waals surface area contributed by atoms with Crippen LogP contribution in [0.4, 0.5) is 0 Å². The fraction of sp³-hybridized carbons (Fsp3) is 0.533. The number of rotatable bonds is 7. The van der Waals surface area contributed by atoms with Crippen molar-refractivity contribution in [1.29, 1.82) is 0 Å². The zero-order valence-corrected chi connectivity index (χ0v) is 13.7. The van der Waals surface area contributed by atoms with E-state index in [0.717, 1.165) is 12.8 Å². The van der Waals surface area contributed by atoms with E-state index in [1.54, 1.807) is 0 Å². The van der Waals surface area contributed by atoms with E-state index in [2.05, 4.69) is 4.72 Å². The lowest BCUT2D eigenvalue weighted by Gasteiger charge is -2.23. The van der Waals surface area contributed by atoms with Gasteiger partial charge < -0.3 is 5.11 Å². The highest BCUT2D eigenvalue weighted by atomic mass is 32.2. The Morgan fingerprint density at radius 1 is 1.29 bits per heavy atom. The Morgan fingerprint density at radius 3 is 2.33 bits per heavy atom. The highest BCUT2D eigenvalue weighted by Crippen LogP contribution is 2.21. The van der Waals surface area contributed by atoms with Gasteiger partial charge in [-0.1, -0.05) is 32.8 Å². The minimum absolute atomic E-state index is 0.00746. The molecule has 6 heteroatoms. The highest BCUT2D eigenvalue weighted by molar-refractivity contribution is 7.89. The third-order valence-electron chi connectivity index (χ3n) is 3.90. The van der Waals surface area contributed by atoms with Crippen LogP contribution < -0.4 is 4.72 Å². The molecule has 1 rings (SSSR count). The number of carbonyl (C=O) groups is 1. The van der Waals surface area contributed by atoms with Crippen molar-refractivity contribution >= 4 is 16.0 Å². The van der Waals surface area contributed by atoms with Crippen molar-refractivity contribution in [3.8, 4) is 0 Å². The Hall–Kier alpha value is -1.40. The number of nitrogens with one attached hydrogen (secondary N) is 1. The van der Waals surface area contributed by atoms with E-state index in [4.69, 9.17) is 5.11 Å². The summed E-state index contributed by atoms with van der Waals surface area (Å²) in [5.41, 5.74) is 0.266. The molecule has 0 radical (unpaired) electrons. The molecular formula is C15H23NO4S. The van der Waals surface area contributed by atoms with Crippen LogP contribution in [0.5, 0.6) is 0 Å². The first-order valence-corrected chi connectivity index (χ1v) is 8.58. The Balaban J connectivity index is 3.15. The SMILES string of the molecule is CCC(CC)C(C)NS(=O)(=O)c1cccc(C(=O)O)c1C. The van der Waals surface area contributed by atoms with Crippen LogP contribution in [-0.2, 0) is 10.0 Å². The van der Waals surface area contributed by atoms with E-state index in [0.29, 0.717) is 0 Å². The number of sulfonamides is 1. The fourth-order valence-corrected chi connectivity index (χ4v) is 4.12. The van der Waals surface area contributed by atoms with Crippen LogP contribution >= 0.6 is 0 Å². The van der Waals surface area contributed by atoms with Gasteiger partial charge in [0.25, 0.3) is 0 Å². The molecule has 21 heavy (non-hydrogen) atoms. The number of carboxylic acid groups (broad SMARTS) is 1. The lowest BCUT2D eigenvalue weighted by molar-refractivity contribution is 0.0696. The Kier molecular flexibility index (Phi) is 5.92. The zero-order valence-electron chi connectivity index (χ0n) is 12.9. The molecule has 0 amide bonds. The standard InChI is InChI=1S/C15H23NO4S/c1-5-12(6-2)11(4)16-21(19,20)14-9-7-8-13(10(14)3)15(17)18/h7-9,11-12,16H,5-6H2,1-4H3,(H,17,18). The molecule has 5 nitrogen and oxygen atoms in total. The van der Waals surface area contributed by atoms with Crippen LogP contribution in [0.25, 0.3) is 0 Å². The molecular weight excluding hydrogens is 290 g/mol. The van der Waals surface area contributed by atoms with Gasteiger partial charge in [-0.3, -0.25) is 0 Å². The molecule has 118 valence electrons. The molecule has 0 aliphatic carbocycles. The molecule has 1 aromatic rings. The molecule has 1 unspecified atom stereocenters. The molecule has 0 heterocycles. The molecule has 0 aliphatic rings. The Labute approximate surface area is 126 Å². The van der Waals surface area contributed by atoms with E-state index < -0.39 is 16.0 Å². The van der Waals surface area contributed by atoms with Crippen LogP contribution in [-0.4, -0.2) is 25.5 Å². The molecule has 0 saturated heterocycles. The summed E-state index contributed by atoms with van der Waals surface area (Å²) in [5.74, 6) is -0.875. The van der Waals surface area contributed by atoms with E-state index >= 15 is 0 Å². The summed E-state index contributed by atoms with van der Waals surface area (Å²) in [4.78, 5) is 11.1. The largest absolute Gasteiger partial charge is 0.478 e. The summed E-state index contributed by atoms with van der Waals surface area (Å²) < 4.78 is 27.6. The van der Waals surface area contributed by atoms with Crippen molar-refractivity contribution in [1.82, 2.24) is 4.72 Å². The third-order valence-corrected chi connectivity index (χ3v) is 5.60. The number of benzene rings is 1. The second-order valence-corrected chi connectivity index (χ2v) is 6.90. The van der Waals surface area contributed by atoms with Crippen LogP contribution in [0.3, 0.4) is 0 Å². The topological polar surface area (TPSA) is 83.5 Å². The van der Waals surface area contributed by atoms with Crippen LogP contribution in [0.15, 0.2) is 23.1 Å². The van der Waals surface area contributed by atoms with Gasteiger partial charge in [-0.15, -0.1) is 0 Å². The van der Waals surface area contributed by atoms with Gasteiger partial charge >= 0.3 is 5.97 Å². The first kappa shape index (κ1) is 17.7. The highest BCUT2D eigenvalue weighted by Gasteiger charge is 2.24. The summed E-state index contributed by atoms with van der Waals surface area (Å²) >= 11 is 0. The van der Waals surface area contributed by atoms with E-state index in [-0.39, 0.29) is 28.0 Å². The van der Waals surface area contributed by atoms with Gasteiger partial charge in [0.1, 0.15) is 0 Å². The summed E-state index contributed by atoms with van der Waals surface area (Å²) in [6.45, 7) is 7.40. The monoisotopic (exact) mass is 313 g/mol. The summed E-state index contributed by atoms with van der Waals surface area (Å²) in [5, 5.41) is 9.09. The van der Waals surface area contributed by atoms with E-state index in [1.807, 2.05) is 20.8 Å². The normalized spacial score (nSPS) is 13.4. The van der Waals surface area contributed by atoms with Gasteiger partial charge in [0.05, 0.1) is 10.5 Å². The fourth-order valence-electron chi connectivity index (χ4n) is 2.54. The Morgan fingerprint density at radius 2 is 1.86 bits per heavy atom. The van der Waals surface area contributed by atoms with Crippen molar-refractivity contribution in [3.63, 3.8) is 0 Å². The Bertz CT molecular complexity index is 606. The molecule has 0 bridgehead atoms. The number of aromatic carboxylic acids is 1. The van der Waals surface area contributed by atoms with Gasteiger partial charge in [0.15, 0.2) is 0 Å². The number of hydrogen-bond acceptors (Lipinski definition) is 3. The number of carboxylic acids is 1. The maximum Gasteiger partial charge on any atom is 0.335 e. The summed E-state index contributed by atoms with van der Waals surface area (Å²) in [6, 6.07) is 4.09. The quantitative estimate of drug-likeness (QED) is 0.811. The van der Waals surface area contributed by atoms with Crippen LogP contribution in [0.1, 0.15) is 49.5 Å². The minimum Gasteiger partial charge on any atom is -0.478 e. The molecule has 0 aromatic heterocycles. The average Bonchev–Trinajstić information content (AvgIpc) is 2.39. The van der Waals surface area contributed by atoms with Crippen molar-refractivity contribution < 1.29 is 18.3 Å². The predicted molar refractivity (Wildman–Crippen MR) is 82.0 cm³/mol. The molecule has 0 spiro atoms. The van der Waals surface area contributed by atoms with Gasteiger partial charge in [0, 0.05) is 6.04 Å². The lowest BCUT2D eigenvalue weighted by Crippen LogP contribution is -2.38. The predicted octanol–water partition coefficient (Wildman–Crippen LogP) is 2.80. The minimum atomic E-state index is -3.72. The van der Waals surface area contributed by atoms with Crippen molar-refractivity contribution in [2.24, 2.45) is 5.92 Å². The molecule has 2 N–H and O–H groups in total. The molecule has 0 fully saturated rings. The van der Waals surface area contributed by atoms with Gasteiger partial charge in [0.2, 0.25) is 10.0 Å².